The maximum absolute atomic E-state index is 11.9. The number of anilines is 1. The summed E-state index contributed by atoms with van der Waals surface area (Å²) in [5.41, 5.74) is 1.26. The molecule has 0 aromatic heterocycles. The molecule has 5 heteroatoms. The Bertz CT molecular complexity index is 501. The van der Waals surface area contributed by atoms with Gasteiger partial charge in [0.1, 0.15) is 5.75 Å². The molecule has 19 heavy (non-hydrogen) atoms. The van der Waals surface area contributed by atoms with Gasteiger partial charge in [0.05, 0.1) is 5.69 Å². The maximum atomic E-state index is 11.9. The van der Waals surface area contributed by atoms with Crippen LogP contribution in [-0.4, -0.2) is 30.7 Å². The number of alkyl halides is 1. The van der Waals surface area contributed by atoms with E-state index in [2.05, 4.69) is 0 Å². The van der Waals surface area contributed by atoms with Crippen molar-refractivity contribution in [3.63, 3.8) is 0 Å². The van der Waals surface area contributed by atoms with Gasteiger partial charge in [0.25, 0.3) is 5.91 Å². The first-order chi connectivity index (χ1) is 9.13. The van der Waals surface area contributed by atoms with Crippen molar-refractivity contribution in [2.24, 2.45) is 0 Å². The zero-order chi connectivity index (χ0) is 13.8. The third kappa shape index (κ3) is 3.07. The zero-order valence-electron chi connectivity index (χ0n) is 10.8. The number of Topliss-reactive ketones (excluding diaryl/α,β-unsaturated/α-hetero) is 1. The van der Waals surface area contributed by atoms with Crippen molar-refractivity contribution in [1.29, 1.82) is 0 Å². The molecule has 102 valence electrons. The lowest BCUT2D eigenvalue weighted by Crippen LogP contribution is -2.39. The monoisotopic (exact) mass is 281 g/mol. The number of ether oxygens (including phenoxy) is 1. The van der Waals surface area contributed by atoms with Crippen LogP contribution in [0.4, 0.5) is 5.69 Å². The Hall–Kier alpha value is -1.55. The molecular formula is C14H16ClNO3. The Labute approximate surface area is 117 Å². The molecule has 0 radical (unpaired) electrons. The van der Waals surface area contributed by atoms with Crippen molar-refractivity contribution in [2.75, 3.05) is 23.9 Å². The molecule has 0 unspecified atom stereocenters. The second-order valence-electron chi connectivity index (χ2n) is 4.47. The molecule has 4 nitrogen and oxygen atoms in total. The third-order valence-corrected chi connectivity index (χ3v) is 3.34. The van der Waals surface area contributed by atoms with Crippen LogP contribution in [0.3, 0.4) is 0 Å². The number of carbonyl (C=O) groups is 2. The third-order valence-electron chi connectivity index (χ3n) is 3.07. The Morgan fingerprint density at radius 2 is 2.21 bits per heavy atom. The summed E-state index contributed by atoms with van der Waals surface area (Å²) in [7, 11) is 0. The first-order valence-electron chi connectivity index (χ1n) is 6.27. The fourth-order valence-corrected chi connectivity index (χ4v) is 2.22. The van der Waals surface area contributed by atoms with Crippen LogP contribution < -0.4 is 9.64 Å². The number of hydrogen-bond acceptors (Lipinski definition) is 3. The molecule has 0 atom stereocenters. The first kappa shape index (κ1) is 13.9. The molecule has 0 fully saturated rings. The van der Waals surface area contributed by atoms with Crippen LogP contribution in [0.15, 0.2) is 18.2 Å². The smallest absolute Gasteiger partial charge is 0.265 e. The van der Waals surface area contributed by atoms with Gasteiger partial charge in [-0.05, 0) is 38.0 Å². The Morgan fingerprint density at radius 3 is 2.89 bits per heavy atom. The number of hydrogen-bond donors (Lipinski definition) is 0. The SMILES string of the molecule is CC(=O)c1ccc2c(c1)N(CCCCCl)C(=O)CO2. The van der Waals surface area contributed by atoms with Crippen molar-refractivity contribution in [1.82, 2.24) is 0 Å². The molecule has 0 saturated heterocycles. The van der Waals surface area contributed by atoms with E-state index in [1.54, 1.807) is 23.1 Å². The lowest BCUT2D eigenvalue weighted by atomic mass is 10.1. The minimum Gasteiger partial charge on any atom is -0.482 e. The molecule has 1 aliphatic rings. The zero-order valence-corrected chi connectivity index (χ0v) is 11.6. The number of fused-ring (bicyclic) bond motifs is 1. The van der Waals surface area contributed by atoms with E-state index < -0.39 is 0 Å². The number of carbonyl (C=O) groups excluding carboxylic acids is 2. The van der Waals surface area contributed by atoms with Crippen LogP contribution in [0.1, 0.15) is 30.1 Å². The van der Waals surface area contributed by atoms with E-state index in [0.717, 1.165) is 12.8 Å². The highest BCUT2D eigenvalue weighted by Gasteiger charge is 2.25. The summed E-state index contributed by atoms with van der Waals surface area (Å²) in [6.45, 7) is 2.15. The van der Waals surface area contributed by atoms with E-state index in [1.165, 1.54) is 6.92 Å². The van der Waals surface area contributed by atoms with Gasteiger partial charge >= 0.3 is 0 Å². The summed E-state index contributed by atoms with van der Waals surface area (Å²) in [6, 6.07) is 5.18. The minimum absolute atomic E-state index is 0.0264. The van der Waals surface area contributed by atoms with Gasteiger partial charge in [-0.3, -0.25) is 9.59 Å². The van der Waals surface area contributed by atoms with E-state index in [0.29, 0.717) is 29.4 Å². The van der Waals surface area contributed by atoms with Crippen molar-refractivity contribution in [2.45, 2.75) is 19.8 Å². The Balaban J connectivity index is 2.27. The summed E-state index contributed by atoms with van der Waals surface area (Å²) < 4.78 is 5.38. The van der Waals surface area contributed by atoms with E-state index in [9.17, 15) is 9.59 Å². The average molecular weight is 282 g/mol. The highest BCUT2D eigenvalue weighted by atomic mass is 35.5. The molecule has 0 saturated carbocycles. The van der Waals surface area contributed by atoms with Gasteiger partial charge < -0.3 is 9.64 Å². The van der Waals surface area contributed by atoms with Crippen molar-refractivity contribution >= 4 is 29.0 Å². The molecule has 0 aliphatic carbocycles. The quantitative estimate of drug-likeness (QED) is 0.473. The summed E-state index contributed by atoms with van der Waals surface area (Å²) in [5.74, 6) is 1.12. The number of rotatable bonds is 5. The predicted molar refractivity (Wildman–Crippen MR) is 74.2 cm³/mol. The van der Waals surface area contributed by atoms with Crippen molar-refractivity contribution < 1.29 is 14.3 Å². The number of ketones is 1. The fourth-order valence-electron chi connectivity index (χ4n) is 2.03. The molecular weight excluding hydrogens is 266 g/mol. The van der Waals surface area contributed by atoms with Crippen LogP contribution in [0.2, 0.25) is 0 Å². The van der Waals surface area contributed by atoms with E-state index >= 15 is 0 Å². The molecule has 0 bridgehead atoms. The van der Waals surface area contributed by atoms with Crippen molar-refractivity contribution in [3.05, 3.63) is 23.8 Å². The van der Waals surface area contributed by atoms with Gasteiger partial charge in [-0.2, -0.15) is 0 Å². The number of amides is 1. The lowest BCUT2D eigenvalue weighted by Gasteiger charge is -2.29. The van der Waals surface area contributed by atoms with Gasteiger partial charge in [0, 0.05) is 18.0 Å². The number of unbranched alkanes of at least 4 members (excludes halogenated alkanes) is 1. The Kier molecular flexibility index (Phi) is 4.43. The highest BCUT2D eigenvalue weighted by Crippen LogP contribution is 2.33. The Morgan fingerprint density at radius 1 is 1.42 bits per heavy atom. The molecule has 0 spiro atoms. The second kappa shape index (κ2) is 6.06. The van der Waals surface area contributed by atoms with Crippen LogP contribution in [0.25, 0.3) is 0 Å². The predicted octanol–water partition coefficient (Wildman–Crippen LogP) is 2.63. The van der Waals surface area contributed by atoms with Gasteiger partial charge in [0.15, 0.2) is 12.4 Å². The molecule has 1 aromatic carbocycles. The molecule has 0 N–H and O–H groups in total. The standard InChI is InChI=1S/C14H16ClNO3/c1-10(17)11-4-5-13-12(8-11)16(7-3-2-6-15)14(18)9-19-13/h4-5,8H,2-3,6-7,9H2,1H3. The van der Waals surface area contributed by atoms with E-state index in [1.807, 2.05) is 0 Å². The van der Waals surface area contributed by atoms with Gasteiger partial charge in [-0.15, -0.1) is 11.6 Å². The molecule has 1 aliphatic heterocycles. The number of benzene rings is 1. The largest absolute Gasteiger partial charge is 0.482 e. The minimum atomic E-state index is -0.0808. The van der Waals surface area contributed by atoms with Gasteiger partial charge in [0.2, 0.25) is 0 Å². The van der Waals surface area contributed by atoms with Gasteiger partial charge in [-0.25, -0.2) is 0 Å². The highest BCUT2D eigenvalue weighted by molar-refractivity contribution is 6.17. The lowest BCUT2D eigenvalue weighted by molar-refractivity contribution is -0.121. The first-order valence-corrected chi connectivity index (χ1v) is 6.81. The van der Waals surface area contributed by atoms with E-state index in [4.69, 9.17) is 16.3 Å². The fraction of sp³-hybridized carbons (Fsp3) is 0.429. The normalized spacial score (nSPS) is 14.0. The summed E-state index contributed by atoms with van der Waals surface area (Å²) >= 11 is 5.65. The van der Waals surface area contributed by atoms with Crippen molar-refractivity contribution in [3.8, 4) is 5.75 Å². The molecule has 1 aromatic rings. The summed E-state index contributed by atoms with van der Waals surface area (Å²) in [6.07, 6.45) is 1.69. The topological polar surface area (TPSA) is 46.6 Å². The molecule has 1 heterocycles. The van der Waals surface area contributed by atoms with Gasteiger partial charge in [-0.1, -0.05) is 0 Å². The summed E-state index contributed by atoms with van der Waals surface area (Å²) in [4.78, 5) is 25.0. The van der Waals surface area contributed by atoms with Crippen LogP contribution >= 0.6 is 11.6 Å². The van der Waals surface area contributed by atoms with E-state index in [-0.39, 0.29) is 18.3 Å². The van der Waals surface area contributed by atoms with Crippen LogP contribution in [0, 0.1) is 0 Å². The maximum Gasteiger partial charge on any atom is 0.265 e. The second-order valence-corrected chi connectivity index (χ2v) is 4.85. The molecule has 2 rings (SSSR count). The average Bonchev–Trinajstić information content (AvgIpc) is 2.40. The number of nitrogens with zero attached hydrogens (tertiary/aromatic N) is 1. The molecule has 1 amide bonds. The summed E-state index contributed by atoms with van der Waals surface area (Å²) in [5, 5.41) is 0. The van der Waals surface area contributed by atoms with Crippen LogP contribution in [0.5, 0.6) is 5.75 Å². The number of halogens is 1. The van der Waals surface area contributed by atoms with Crippen LogP contribution in [-0.2, 0) is 4.79 Å².